The fraction of sp³-hybridized carbons (Fsp3) is 0.300. The molecule has 1 unspecified atom stereocenters. The molecule has 1 aromatic carbocycles. The Hall–Kier alpha value is -1.00. The zero-order chi connectivity index (χ0) is 10.6. The van der Waals surface area contributed by atoms with E-state index in [0.29, 0.717) is 0 Å². The van der Waals surface area contributed by atoms with Crippen LogP contribution in [0.25, 0.3) is 0 Å². The number of thioether (sulfide) groups is 1. The first-order chi connectivity index (χ1) is 6.69. The van der Waals surface area contributed by atoms with Gasteiger partial charge in [-0.25, -0.2) is 0 Å². The van der Waals surface area contributed by atoms with Gasteiger partial charge in [0.05, 0.1) is 7.11 Å². The van der Waals surface area contributed by atoms with E-state index in [1.54, 1.807) is 11.8 Å². The summed E-state index contributed by atoms with van der Waals surface area (Å²) in [5.41, 5.74) is 6.43. The molecule has 0 spiro atoms. The molecule has 0 fully saturated rings. The molecule has 4 heteroatoms. The number of carbonyl (C=O) groups is 1. The van der Waals surface area contributed by atoms with Crippen molar-refractivity contribution < 1.29 is 9.53 Å². The van der Waals surface area contributed by atoms with Crippen LogP contribution in [0.3, 0.4) is 0 Å². The Morgan fingerprint density at radius 1 is 1.43 bits per heavy atom. The van der Waals surface area contributed by atoms with Crippen LogP contribution in [0.2, 0.25) is 0 Å². The lowest BCUT2D eigenvalue weighted by molar-refractivity contribution is -0.142. The van der Waals surface area contributed by atoms with E-state index in [1.807, 2.05) is 30.5 Å². The minimum absolute atomic E-state index is 0.415. The van der Waals surface area contributed by atoms with Crippen LogP contribution in [0, 0.1) is 0 Å². The van der Waals surface area contributed by atoms with Crippen LogP contribution in [0.15, 0.2) is 29.2 Å². The van der Waals surface area contributed by atoms with Crippen LogP contribution in [0.4, 0.5) is 0 Å². The number of nitrogens with two attached hydrogens (primary N) is 1. The van der Waals surface area contributed by atoms with Crippen molar-refractivity contribution in [2.24, 2.45) is 5.73 Å². The monoisotopic (exact) mass is 211 g/mol. The maximum atomic E-state index is 11.1. The van der Waals surface area contributed by atoms with Crippen molar-refractivity contribution in [1.82, 2.24) is 0 Å². The third-order valence-electron chi connectivity index (χ3n) is 1.93. The summed E-state index contributed by atoms with van der Waals surface area (Å²) < 4.78 is 4.55. The summed E-state index contributed by atoms with van der Waals surface area (Å²) in [6.45, 7) is 0. The predicted octanol–water partition coefficient (Wildman–Crippen LogP) is 1.58. The maximum absolute atomic E-state index is 11.1. The van der Waals surface area contributed by atoms with Crippen molar-refractivity contribution in [3.05, 3.63) is 29.8 Å². The lowest BCUT2D eigenvalue weighted by Crippen LogP contribution is -2.22. The van der Waals surface area contributed by atoms with Crippen LogP contribution in [-0.2, 0) is 9.53 Å². The van der Waals surface area contributed by atoms with Crippen molar-refractivity contribution in [3.8, 4) is 0 Å². The Labute approximate surface area is 87.6 Å². The Kier molecular flexibility index (Phi) is 3.98. The van der Waals surface area contributed by atoms with Crippen molar-refractivity contribution >= 4 is 17.7 Å². The predicted molar refractivity (Wildman–Crippen MR) is 57.2 cm³/mol. The minimum Gasteiger partial charge on any atom is -0.468 e. The van der Waals surface area contributed by atoms with Crippen molar-refractivity contribution in [2.45, 2.75) is 10.9 Å². The van der Waals surface area contributed by atoms with E-state index in [4.69, 9.17) is 5.73 Å². The summed E-state index contributed by atoms with van der Waals surface area (Å²) in [6, 6.07) is 6.86. The van der Waals surface area contributed by atoms with Gasteiger partial charge in [-0.15, -0.1) is 11.8 Å². The Bertz CT molecular complexity index is 310. The molecule has 0 aliphatic heterocycles. The van der Waals surface area contributed by atoms with Crippen LogP contribution in [-0.4, -0.2) is 19.3 Å². The zero-order valence-electron chi connectivity index (χ0n) is 8.19. The van der Waals surface area contributed by atoms with Gasteiger partial charge < -0.3 is 10.5 Å². The smallest absolute Gasteiger partial charge is 0.327 e. The fourth-order valence-electron chi connectivity index (χ4n) is 1.07. The zero-order valence-corrected chi connectivity index (χ0v) is 9.01. The summed E-state index contributed by atoms with van der Waals surface area (Å²) in [4.78, 5) is 12.3. The summed E-state index contributed by atoms with van der Waals surface area (Å²) in [5, 5.41) is 0. The summed E-state index contributed by atoms with van der Waals surface area (Å²) in [7, 11) is 1.33. The average molecular weight is 211 g/mol. The second-order valence-electron chi connectivity index (χ2n) is 2.77. The highest BCUT2D eigenvalue weighted by atomic mass is 32.2. The molecule has 0 aliphatic carbocycles. The SMILES string of the molecule is COC(=O)C(N)c1ccc(SC)cc1. The Morgan fingerprint density at radius 2 is 2.00 bits per heavy atom. The number of esters is 1. The van der Waals surface area contributed by atoms with Crippen LogP contribution in [0.1, 0.15) is 11.6 Å². The molecule has 1 atom stereocenters. The van der Waals surface area contributed by atoms with Crippen LogP contribution >= 0.6 is 11.8 Å². The number of hydrogen-bond acceptors (Lipinski definition) is 4. The summed E-state index contributed by atoms with van der Waals surface area (Å²) in [6.07, 6.45) is 2.00. The van der Waals surface area contributed by atoms with Gasteiger partial charge in [0.25, 0.3) is 0 Å². The van der Waals surface area contributed by atoms with Crippen LogP contribution in [0.5, 0.6) is 0 Å². The first-order valence-corrected chi connectivity index (χ1v) is 5.39. The molecule has 0 radical (unpaired) electrons. The van der Waals surface area contributed by atoms with E-state index in [0.717, 1.165) is 10.5 Å². The van der Waals surface area contributed by atoms with Gasteiger partial charge in [0.1, 0.15) is 6.04 Å². The van der Waals surface area contributed by atoms with Gasteiger partial charge in [0, 0.05) is 4.90 Å². The van der Waals surface area contributed by atoms with Gasteiger partial charge in [0.2, 0.25) is 0 Å². The third kappa shape index (κ3) is 2.49. The highest BCUT2D eigenvalue weighted by Crippen LogP contribution is 2.18. The molecule has 0 aliphatic rings. The van der Waals surface area contributed by atoms with Gasteiger partial charge in [-0.1, -0.05) is 12.1 Å². The second-order valence-corrected chi connectivity index (χ2v) is 3.65. The minimum atomic E-state index is -0.684. The van der Waals surface area contributed by atoms with Crippen LogP contribution < -0.4 is 5.73 Å². The molecule has 76 valence electrons. The molecule has 0 saturated carbocycles. The molecular weight excluding hydrogens is 198 g/mol. The highest BCUT2D eigenvalue weighted by Gasteiger charge is 2.15. The van der Waals surface area contributed by atoms with Crippen molar-refractivity contribution in [1.29, 1.82) is 0 Å². The van der Waals surface area contributed by atoms with E-state index in [1.165, 1.54) is 7.11 Å². The first-order valence-electron chi connectivity index (χ1n) is 4.16. The van der Waals surface area contributed by atoms with Gasteiger partial charge in [-0.2, -0.15) is 0 Å². The molecule has 0 bridgehead atoms. The highest BCUT2D eigenvalue weighted by molar-refractivity contribution is 7.98. The molecule has 0 heterocycles. The largest absolute Gasteiger partial charge is 0.468 e. The molecule has 1 aromatic rings. The number of carbonyl (C=O) groups excluding carboxylic acids is 1. The fourth-order valence-corrected chi connectivity index (χ4v) is 1.48. The standard InChI is InChI=1S/C10H13NO2S/c1-13-10(12)9(11)7-3-5-8(14-2)6-4-7/h3-6,9H,11H2,1-2H3. The number of ether oxygens (including phenoxy) is 1. The lowest BCUT2D eigenvalue weighted by Gasteiger charge is -2.09. The van der Waals surface area contributed by atoms with E-state index in [2.05, 4.69) is 4.74 Å². The number of rotatable bonds is 3. The topological polar surface area (TPSA) is 52.3 Å². The van der Waals surface area contributed by atoms with E-state index in [9.17, 15) is 4.79 Å². The summed E-state index contributed by atoms with van der Waals surface area (Å²) >= 11 is 1.65. The average Bonchev–Trinajstić information content (AvgIpc) is 2.27. The number of methoxy groups -OCH3 is 1. The number of hydrogen-bond donors (Lipinski definition) is 1. The second kappa shape index (κ2) is 5.02. The maximum Gasteiger partial charge on any atom is 0.327 e. The normalized spacial score (nSPS) is 12.2. The van der Waals surface area contributed by atoms with Gasteiger partial charge >= 0.3 is 5.97 Å². The molecule has 14 heavy (non-hydrogen) atoms. The van der Waals surface area contributed by atoms with Gasteiger partial charge in [0.15, 0.2) is 0 Å². The van der Waals surface area contributed by atoms with E-state index in [-0.39, 0.29) is 0 Å². The van der Waals surface area contributed by atoms with Crippen molar-refractivity contribution in [3.63, 3.8) is 0 Å². The Morgan fingerprint density at radius 3 is 2.43 bits per heavy atom. The number of benzene rings is 1. The molecular formula is C10H13NO2S. The Balaban J connectivity index is 2.81. The van der Waals surface area contributed by atoms with E-state index >= 15 is 0 Å². The van der Waals surface area contributed by atoms with Crippen molar-refractivity contribution in [2.75, 3.05) is 13.4 Å². The summed E-state index contributed by atoms with van der Waals surface area (Å²) in [5.74, 6) is -0.415. The quantitative estimate of drug-likeness (QED) is 0.609. The van der Waals surface area contributed by atoms with Gasteiger partial charge in [-0.3, -0.25) is 4.79 Å². The molecule has 0 saturated heterocycles. The van der Waals surface area contributed by atoms with E-state index < -0.39 is 12.0 Å². The molecule has 3 nitrogen and oxygen atoms in total. The molecule has 0 amide bonds. The molecule has 1 rings (SSSR count). The van der Waals surface area contributed by atoms with Gasteiger partial charge in [-0.05, 0) is 24.0 Å². The molecule has 2 N–H and O–H groups in total. The lowest BCUT2D eigenvalue weighted by atomic mass is 10.1. The molecule has 0 aromatic heterocycles. The first kappa shape index (κ1) is 11.1. The third-order valence-corrected chi connectivity index (χ3v) is 2.67.